The molecule has 0 bridgehead atoms. The molecule has 0 radical (unpaired) electrons. The maximum atomic E-state index is 12.5. The Balaban J connectivity index is 2.77. The van der Waals surface area contributed by atoms with E-state index in [1.54, 1.807) is 6.92 Å². The summed E-state index contributed by atoms with van der Waals surface area (Å²) in [6.45, 7) is 16.5. The molecule has 0 saturated heterocycles. The molecule has 7 heteroatoms. The minimum atomic E-state index is -0.951. The minimum Gasteiger partial charge on any atom is -0.459 e. The summed E-state index contributed by atoms with van der Waals surface area (Å²) in [5.74, 6) is -0.0133. The van der Waals surface area contributed by atoms with Crippen molar-refractivity contribution in [2.75, 3.05) is 17.8 Å². The minimum absolute atomic E-state index is 0.121. The van der Waals surface area contributed by atoms with Crippen LogP contribution in [0.2, 0.25) is 0 Å². The number of hydrogen-bond acceptors (Lipinski definition) is 5. The molecule has 6 nitrogen and oxygen atoms in total. The van der Waals surface area contributed by atoms with E-state index >= 15 is 0 Å². The largest absolute Gasteiger partial charge is 0.459 e. The van der Waals surface area contributed by atoms with Crippen LogP contribution in [0.25, 0.3) is 0 Å². The third-order valence-electron chi connectivity index (χ3n) is 5.28. The van der Waals surface area contributed by atoms with Crippen LogP contribution in [-0.4, -0.2) is 35.4 Å². The molecule has 0 aliphatic rings. The summed E-state index contributed by atoms with van der Waals surface area (Å²) >= 11 is 1.33. The van der Waals surface area contributed by atoms with Crippen LogP contribution in [0.15, 0.2) is 47.5 Å². The van der Waals surface area contributed by atoms with Gasteiger partial charge in [0, 0.05) is 5.54 Å². The Morgan fingerprint density at radius 1 is 0.971 bits per heavy atom. The zero-order chi connectivity index (χ0) is 26.3. The number of ether oxygens (including phenoxy) is 2. The second kappa shape index (κ2) is 12.2. The summed E-state index contributed by atoms with van der Waals surface area (Å²) in [6.07, 6.45) is 1.85. The molecule has 1 amide bonds. The summed E-state index contributed by atoms with van der Waals surface area (Å²) < 4.78 is 11.1. The second-order valence-corrected chi connectivity index (χ2v) is 10.6. The maximum absolute atomic E-state index is 12.5. The van der Waals surface area contributed by atoms with E-state index in [-0.39, 0.29) is 18.4 Å². The van der Waals surface area contributed by atoms with Crippen LogP contribution in [0.1, 0.15) is 78.4 Å². The molecule has 0 aromatic heterocycles. The van der Waals surface area contributed by atoms with Crippen molar-refractivity contribution in [3.63, 3.8) is 0 Å². The number of amidine groups is 1. The Hall–Kier alpha value is -2.80. The molecular weight excluding hydrogens is 460 g/mol. The zero-order valence-corrected chi connectivity index (χ0v) is 23.2. The number of rotatable bonds is 6. The summed E-state index contributed by atoms with van der Waals surface area (Å²) in [7, 11) is 0. The number of carbonyl (C=O) groups is 2. The van der Waals surface area contributed by atoms with Crippen molar-refractivity contribution in [3.05, 3.63) is 53.6 Å². The molecule has 0 spiro atoms. The Morgan fingerprint density at radius 2 is 1.51 bits per heavy atom. The van der Waals surface area contributed by atoms with Gasteiger partial charge in [0.05, 0.1) is 12.3 Å². The van der Waals surface area contributed by atoms with Gasteiger partial charge in [-0.2, -0.15) is 4.99 Å². The average molecular weight is 499 g/mol. The topological polar surface area (TPSA) is 68.2 Å². The van der Waals surface area contributed by atoms with Crippen molar-refractivity contribution in [2.24, 2.45) is 4.99 Å². The molecule has 0 aliphatic heterocycles. The first-order chi connectivity index (χ1) is 16.4. The monoisotopic (exact) mass is 498 g/mol. The van der Waals surface area contributed by atoms with Crippen molar-refractivity contribution >= 4 is 34.5 Å². The van der Waals surface area contributed by atoms with E-state index in [0.717, 1.165) is 28.3 Å². The van der Waals surface area contributed by atoms with E-state index in [9.17, 15) is 9.59 Å². The van der Waals surface area contributed by atoms with Gasteiger partial charge in [0.2, 0.25) is 0 Å². The molecule has 0 heterocycles. The number of benzene rings is 2. The summed E-state index contributed by atoms with van der Waals surface area (Å²) in [5.41, 5.74) is 2.68. The van der Waals surface area contributed by atoms with E-state index in [1.165, 1.54) is 11.8 Å². The molecule has 0 N–H and O–H groups in total. The SMILES string of the molecule is CCOC(=O)C(=O)N=C(SC)N(c1c(C(C)C)cc(Oc2ccccc2)cc1C(C)C)C(C)(C)C. The van der Waals surface area contributed by atoms with Gasteiger partial charge in [0.1, 0.15) is 11.5 Å². The Bertz CT molecular complexity index is 1030. The molecule has 2 rings (SSSR count). The number of carbonyl (C=O) groups excluding carboxylic acids is 2. The number of amides is 1. The molecule has 0 fully saturated rings. The van der Waals surface area contributed by atoms with Gasteiger partial charge < -0.3 is 14.4 Å². The third kappa shape index (κ3) is 7.34. The van der Waals surface area contributed by atoms with Gasteiger partial charge in [0.15, 0.2) is 5.17 Å². The molecular formula is C28H38N2O4S. The van der Waals surface area contributed by atoms with Crippen LogP contribution < -0.4 is 9.64 Å². The molecule has 0 atom stereocenters. The Labute approximate surface area is 214 Å². The number of para-hydroxylation sites is 1. The van der Waals surface area contributed by atoms with Gasteiger partial charge >= 0.3 is 11.9 Å². The van der Waals surface area contributed by atoms with E-state index in [4.69, 9.17) is 9.47 Å². The number of nitrogens with zero attached hydrogens (tertiary/aromatic N) is 2. The lowest BCUT2D eigenvalue weighted by Gasteiger charge is -2.41. The van der Waals surface area contributed by atoms with E-state index in [0.29, 0.717) is 5.17 Å². The van der Waals surface area contributed by atoms with Crippen LogP contribution in [0.4, 0.5) is 5.69 Å². The van der Waals surface area contributed by atoms with Gasteiger partial charge in [-0.1, -0.05) is 57.7 Å². The highest BCUT2D eigenvalue weighted by molar-refractivity contribution is 8.13. The van der Waals surface area contributed by atoms with Gasteiger partial charge in [-0.05, 0) is 81.2 Å². The normalized spacial score (nSPS) is 12.1. The Kier molecular flexibility index (Phi) is 9.95. The quantitative estimate of drug-likeness (QED) is 0.182. The predicted octanol–water partition coefficient (Wildman–Crippen LogP) is 7.14. The van der Waals surface area contributed by atoms with E-state index in [2.05, 4.69) is 70.5 Å². The van der Waals surface area contributed by atoms with Crippen LogP contribution in [0.5, 0.6) is 11.5 Å². The lowest BCUT2D eigenvalue weighted by molar-refractivity contribution is -0.152. The highest BCUT2D eigenvalue weighted by Crippen LogP contribution is 2.43. The molecule has 2 aromatic carbocycles. The number of thioether (sulfide) groups is 1. The fourth-order valence-electron chi connectivity index (χ4n) is 3.70. The average Bonchev–Trinajstić information content (AvgIpc) is 2.78. The van der Waals surface area contributed by atoms with Gasteiger partial charge in [-0.3, -0.25) is 4.79 Å². The van der Waals surface area contributed by atoms with Crippen molar-refractivity contribution in [1.29, 1.82) is 0 Å². The van der Waals surface area contributed by atoms with Crippen LogP contribution in [0.3, 0.4) is 0 Å². The number of anilines is 1. The van der Waals surface area contributed by atoms with Crippen LogP contribution >= 0.6 is 11.8 Å². The van der Waals surface area contributed by atoms with E-state index < -0.39 is 17.4 Å². The Morgan fingerprint density at radius 3 is 1.94 bits per heavy atom. The van der Waals surface area contributed by atoms with Gasteiger partial charge in [0.25, 0.3) is 0 Å². The van der Waals surface area contributed by atoms with Gasteiger partial charge in [-0.15, -0.1) is 0 Å². The number of aliphatic imine (C=N–C) groups is 1. The zero-order valence-electron chi connectivity index (χ0n) is 22.3. The maximum Gasteiger partial charge on any atom is 0.399 e. The number of esters is 1. The van der Waals surface area contributed by atoms with Crippen LogP contribution in [-0.2, 0) is 14.3 Å². The smallest absolute Gasteiger partial charge is 0.399 e. The first kappa shape index (κ1) is 28.4. The second-order valence-electron chi connectivity index (χ2n) is 9.81. The summed E-state index contributed by atoms with van der Waals surface area (Å²) in [5, 5.41) is 0.441. The van der Waals surface area contributed by atoms with Crippen molar-refractivity contribution < 1.29 is 19.1 Å². The third-order valence-corrected chi connectivity index (χ3v) is 5.92. The van der Waals surface area contributed by atoms with Crippen molar-refractivity contribution in [3.8, 4) is 11.5 Å². The lowest BCUT2D eigenvalue weighted by Crippen LogP contribution is -2.46. The predicted molar refractivity (Wildman–Crippen MR) is 146 cm³/mol. The molecule has 0 unspecified atom stereocenters. The lowest BCUT2D eigenvalue weighted by atomic mass is 9.89. The summed E-state index contributed by atoms with van der Waals surface area (Å²) in [4.78, 5) is 30.9. The van der Waals surface area contributed by atoms with Crippen molar-refractivity contribution in [1.82, 2.24) is 0 Å². The standard InChI is InChI=1S/C28H38N2O4S/c1-10-33-26(32)25(31)29-27(35-9)30(28(6,7)8)24-22(18(2)3)16-21(17-23(24)19(4)5)34-20-14-12-11-13-15-20/h11-19H,10H2,1-9H3. The fourth-order valence-corrected chi connectivity index (χ4v) is 4.43. The molecule has 0 aliphatic carbocycles. The highest BCUT2D eigenvalue weighted by Gasteiger charge is 2.33. The van der Waals surface area contributed by atoms with E-state index in [1.807, 2.05) is 36.6 Å². The molecule has 190 valence electrons. The molecule has 2 aromatic rings. The highest BCUT2D eigenvalue weighted by atomic mass is 32.2. The van der Waals surface area contributed by atoms with Gasteiger partial charge in [-0.25, -0.2) is 4.79 Å². The molecule has 0 saturated carbocycles. The molecule has 35 heavy (non-hydrogen) atoms. The van der Waals surface area contributed by atoms with Crippen molar-refractivity contribution in [2.45, 2.75) is 72.8 Å². The van der Waals surface area contributed by atoms with Crippen LogP contribution in [0, 0.1) is 0 Å². The fraction of sp³-hybridized carbons (Fsp3) is 0.464. The summed E-state index contributed by atoms with van der Waals surface area (Å²) in [6, 6.07) is 13.8. The first-order valence-electron chi connectivity index (χ1n) is 11.9. The first-order valence-corrected chi connectivity index (χ1v) is 13.2. The number of hydrogen-bond donors (Lipinski definition) is 0.